The number of hydrogen-bond acceptors (Lipinski definition) is 4. The molecule has 22 heavy (non-hydrogen) atoms. The topological polar surface area (TPSA) is 61.8 Å². The fourth-order valence-electron chi connectivity index (χ4n) is 2.39. The van der Waals surface area contributed by atoms with Gasteiger partial charge < -0.3 is 15.2 Å². The molecule has 0 fully saturated rings. The van der Waals surface area contributed by atoms with Crippen LogP contribution in [0.1, 0.15) is 25.0 Å². The minimum absolute atomic E-state index is 0.0724. The normalized spacial score (nSPS) is 11.6. The molecule has 0 unspecified atom stereocenters. The molecule has 0 saturated heterocycles. The summed E-state index contributed by atoms with van der Waals surface area (Å²) < 4.78 is 5.74. The van der Waals surface area contributed by atoms with Gasteiger partial charge in [-0.25, -0.2) is 0 Å². The third-order valence-corrected chi connectivity index (χ3v) is 3.15. The van der Waals surface area contributed by atoms with Crippen molar-refractivity contribution in [3.05, 3.63) is 29.3 Å². The van der Waals surface area contributed by atoms with Crippen LogP contribution in [0, 0.1) is 13.8 Å². The molecule has 0 heterocycles. The van der Waals surface area contributed by atoms with Gasteiger partial charge in [-0.3, -0.25) is 9.69 Å². The summed E-state index contributed by atoms with van der Waals surface area (Å²) in [5, 5.41) is 12.5. The molecule has 0 aliphatic carbocycles. The molecule has 1 aromatic rings. The van der Waals surface area contributed by atoms with Crippen LogP contribution >= 0.6 is 0 Å². The van der Waals surface area contributed by atoms with E-state index in [1.165, 1.54) is 0 Å². The molecule has 0 aliphatic heterocycles. The number of ether oxygens (including phenoxy) is 1. The molecular formula is C17H28N2O3. The average molecular weight is 308 g/mol. The maximum atomic E-state index is 11.8. The highest BCUT2D eigenvalue weighted by Gasteiger charge is 2.17. The van der Waals surface area contributed by atoms with E-state index in [0.29, 0.717) is 19.7 Å². The maximum absolute atomic E-state index is 11.8. The zero-order valence-corrected chi connectivity index (χ0v) is 14.3. The smallest absolute Gasteiger partial charge is 0.234 e. The van der Waals surface area contributed by atoms with E-state index in [9.17, 15) is 9.90 Å². The average Bonchev–Trinajstić information content (AvgIpc) is 2.34. The second-order valence-electron chi connectivity index (χ2n) is 6.40. The molecule has 1 aromatic carbocycles. The first kappa shape index (κ1) is 18.5. The number of aliphatic hydroxyl groups is 1. The van der Waals surface area contributed by atoms with Gasteiger partial charge in [-0.2, -0.15) is 0 Å². The van der Waals surface area contributed by atoms with Crippen LogP contribution in [-0.4, -0.2) is 54.8 Å². The van der Waals surface area contributed by atoms with Crippen LogP contribution in [0.3, 0.4) is 0 Å². The zero-order chi connectivity index (χ0) is 16.8. The Morgan fingerprint density at radius 3 is 2.45 bits per heavy atom. The van der Waals surface area contributed by atoms with E-state index < -0.39 is 5.60 Å². The number of aryl methyl sites for hydroxylation is 2. The number of benzene rings is 1. The molecule has 1 rings (SSSR count). The molecule has 0 bridgehead atoms. The van der Waals surface area contributed by atoms with Gasteiger partial charge in [0.1, 0.15) is 12.4 Å². The number of carbonyl (C=O) groups excluding carboxylic acids is 1. The predicted molar refractivity (Wildman–Crippen MR) is 88.2 cm³/mol. The number of nitrogens with zero attached hydrogens (tertiary/aromatic N) is 1. The predicted octanol–water partition coefficient (Wildman–Crippen LogP) is 1.50. The van der Waals surface area contributed by atoms with Crippen LogP contribution in [-0.2, 0) is 4.79 Å². The number of amides is 1. The van der Waals surface area contributed by atoms with E-state index in [1.54, 1.807) is 18.7 Å². The number of hydrogen-bond donors (Lipinski definition) is 2. The standard InChI is InChI=1S/C17H28N2O3/c1-13-7-6-8-14(2)16(13)22-10-9-18-15(20)11-19(5)12-17(3,4)21/h6-8,21H,9-12H2,1-5H3,(H,18,20). The number of rotatable bonds is 8. The number of likely N-dealkylation sites (N-methyl/N-ethyl adjacent to an activating group) is 1. The van der Waals surface area contributed by atoms with Gasteiger partial charge in [0.25, 0.3) is 0 Å². The summed E-state index contributed by atoms with van der Waals surface area (Å²) >= 11 is 0. The molecule has 5 nitrogen and oxygen atoms in total. The second-order valence-corrected chi connectivity index (χ2v) is 6.40. The van der Waals surface area contributed by atoms with Crippen LogP contribution in [0.5, 0.6) is 5.75 Å². The molecule has 0 radical (unpaired) electrons. The van der Waals surface area contributed by atoms with Gasteiger partial charge in [-0.05, 0) is 45.9 Å². The molecule has 0 aliphatic rings. The molecule has 0 atom stereocenters. The van der Waals surface area contributed by atoms with Crippen molar-refractivity contribution in [2.75, 3.05) is 33.3 Å². The molecule has 5 heteroatoms. The van der Waals surface area contributed by atoms with E-state index >= 15 is 0 Å². The lowest BCUT2D eigenvalue weighted by molar-refractivity contribution is -0.122. The van der Waals surface area contributed by atoms with Crippen molar-refractivity contribution in [1.82, 2.24) is 10.2 Å². The summed E-state index contributed by atoms with van der Waals surface area (Å²) in [6.07, 6.45) is 0. The van der Waals surface area contributed by atoms with Crippen LogP contribution < -0.4 is 10.1 Å². The van der Waals surface area contributed by atoms with Crippen molar-refractivity contribution in [3.63, 3.8) is 0 Å². The van der Waals surface area contributed by atoms with Crippen molar-refractivity contribution >= 4 is 5.91 Å². The SMILES string of the molecule is Cc1cccc(C)c1OCCNC(=O)CN(C)CC(C)(C)O. The second kappa shape index (κ2) is 8.15. The van der Waals surface area contributed by atoms with E-state index in [2.05, 4.69) is 5.32 Å². The summed E-state index contributed by atoms with van der Waals surface area (Å²) in [4.78, 5) is 13.6. The van der Waals surface area contributed by atoms with Crippen LogP contribution in [0.2, 0.25) is 0 Å². The summed E-state index contributed by atoms with van der Waals surface area (Å²) in [5.41, 5.74) is 1.38. The van der Waals surface area contributed by atoms with Crippen molar-refractivity contribution in [2.24, 2.45) is 0 Å². The van der Waals surface area contributed by atoms with Crippen molar-refractivity contribution in [1.29, 1.82) is 0 Å². The minimum atomic E-state index is -0.805. The van der Waals surface area contributed by atoms with Gasteiger partial charge in [0.2, 0.25) is 5.91 Å². The Morgan fingerprint density at radius 2 is 1.91 bits per heavy atom. The summed E-state index contributed by atoms with van der Waals surface area (Å²) in [7, 11) is 1.81. The van der Waals surface area contributed by atoms with Crippen LogP contribution in [0.15, 0.2) is 18.2 Å². The lowest BCUT2D eigenvalue weighted by Crippen LogP contribution is -2.42. The largest absolute Gasteiger partial charge is 0.491 e. The lowest BCUT2D eigenvalue weighted by atomic mass is 10.1. The van der Waals surface area contributed by atoms with Crippen LogP contribution in [0.4, 0.5) is 0 Å². The first-order valence-corrected chi connectivity index (χ1v) is 7.55. The third-order valence-electron chi connectivity index (χ3n) is 3.15. The highest BCUT2D eigenvalue weighted by Crippen LogP contribution is 2.21. The first-order valence-electron chi connectivity index (χ1n) is 7.55. The lowest BCUT2D eigenvalue weighted by Gasteiger charge is -2.24. The summed E-state index contributed by atoms with van der Waals surface area (Å²) in [5.74, 6) is 0.813. The summed E-state index contributed by atoms with van der Waals surface area (Å²) in [6.45, 7) is 9.06. The minimum Gasteiger partial charge on any atom is -0.491 e. The fourth-order valence-corrected chi connectivity index (χ4v) is 2.39. The maximum Gasteiger partial charge on any atom is 0.234 e. The highest BCUT2D eigenvalue weighted by atomic mass is 16.5. The summed E-state index contributed by atoms with van der Waals surface area (Å²) in [6, 6.07) is 6.01. The van der Waals surface area contributed by atoms with Gasteiger partial charge in [0.15, 0.2) is 0 Å². The van der Waals surface area contributed by atoms with E-state index in [4.69, 9.17) is 4.74 Å². The molecule has 1 amide bonds. The number of nitrogens with one attached hydrogen (secondary N) is 1. The molecule has 0 saturated carbocycles. The molecule has 0 aromatic heterocycles. The van der Waals surface area contributed by atoms with Gasteiger partial charge in [-0.1, -0.05) is 18.2 Å². The Balaban J connectivity index is 2.28. The van der Waals surface area contributed by atoms with E-state index in [1.807, 2.05) is 39.1 Å². The Morgan fingerprint density at radius 1 is 1.32 bits per heavy atom. The zero-order valence-electron chi connectivity index (χ0n) is 14.3. The van der Waals surface area contributed by atoms with Gasteiger partial charge in [0.05, 0.1) is 18.7 Å². The highest BCUT2D eigenvalue weighted by molar-refractivity contribution is 5.77. The van der Waals surface area contributed by atoms with E-state index in [-0.39, 0.29) is 12.5 Å². The van der Waals surface area contributed by atoms with Gasteiger partial charge >= 0.3 is 0 Å². The van der Waals surface area contributed by atoms with Crippen molar-refractivity contribution < 1.29 is 14.6 Å². The van der Waals surface area contributed by atoms with E-state index in [0.717, 1.165) is 16.9 Å². The number of para-hydroxylation sites is 1. The first-order chi connectivity index (χ1) is 10.2. The Bertz CT molecular complexity index is 475. The van der Waals surface area contributed by atoms with Crippen molar-refractivity contribution in [2.45, 2.75) is 33.3 Å². The number of carbonyl (C=O) groups is 1. The Kier molecular flexibility index (Phi) is 6.84. The Labute approximate surface area is 133 Å². The molecule has 2 N–H and O–H groups in total. The van der Waals surface area contributed by atoms with Gasteiger partial charge in [-0.15, -0.1) is 0 Å². The molecule has 0 spiro atoms. The van der Waals surface area contributed by atoms with Crippen LogP contribution in [0.25, 0.3) is 0 Å². The molecular weight excluding hydrogens is 280 g/mol. The third kappa shape index (κ3) is 6.91. The quantitative estimate of drug-likeness (QED) is 0.715. The molecule has 124 valence electrons. The van der Waals surface area contributed by atoms with Crippen molar-refractivity contribution in [3.8, 4) is 5.75 Å². The Hall–Kier alpha value is -1.59. The van der Waals surface area contributed by atoms with Gasteiger partial charge in [0, 0.05) is 6.54 Å². The fraction of sp³-hybridized carbons (Fsp3) is 0.588. The monoisotopic (exact) mass is 308 g/mol.